The Morgan fingerprint density at radius 2 is 1.55 bits per heavy atom. The number of halogens is 1. The summed E-state index contributed by atoms with van der Waals surface area (Å²) in [6, 6.07) is 17.3. The Kier molecular flexibility index (Phi) is 6.99. The quantitative estimate of drug-likeness (QED) is 0.358. The van der Waals surface area contributed by atoms with Crippen molar-refractivity contribution < 1.29 is 0 Å². The summed E-state index contributed by atoms with van der Waals surface area (Å²) in [5.74, 6) is 1.25. The fourth-order valence-electron chi connectivity index (χ4n) is 4.32. The lowest BCUT2D eigenvalue weighted by Gasteiger charge is -2.27. The largest absolute Gasteiger partial charge is 0.147 e. The Balaban J connectivity index is 1.33. The highest BCUT2D eigenvalue weighted by atomic mass is 35.5. The van der Waals surface area contributed by atoms with Crippen LogP contribution in [0.4, 0.5) is 0 Å². The van der Waals surface area contributed by atoms with Gasteiger partial charge in [-0.25, -0.2) is 0 Å². The third-order valence-electron chi connectivity index (χ3n) is 6.13. The zero-order chi connectivity index (χ0) is 20.1. The number of nitrogens with zero attached hydrogens (tertiary/aromatic N) is 2. The number of benzene rings is 2. The van der Waals surface area contributed by atoms with Crippen molar-refractivity contribution in [2.24, 2.45) is 0 Å². The second kappa shape index (κ2) is 9.86. The zero-order valence-electron chi connectivity index (χ0n) is 17.1. The van der Waals surface area contributed by atoms with Crippen LogP contribution in [0.3, 0.4) is 0 Å². The molecule has 1 aliphatic rings. The molecule has 4 rings (SSSR count). The van der Waals surface area contributed by atoms with Crippen molar-refractivity contribution in [3.8, 4) is 10.6 Å². The first-order valence-electron chi connectivity index (χ1n) is 10.9. The monoisotopic (exact) mass is 424 g/mol. The number of aromatic nitrogens is 2. The smallest absolute Gasteiger partial charge is 0.143 e. The van der Waals surface area contributed by atoms with Gasteiger partial charge < -0.3 is 0 Å². The molecule has 2 nitrogen and oxygen atoms in total. The first kappa shape index (κ1) is 20.6. The van der Waals surface area contributed by atoms with Crippen LogP contribution in [-0.4, -0.2) is 10.2 Å². The standard InChI is InChI=1S/C25H29ClN2S/c1-2-3-4-5-18-6-8-19(9-7-18)20-10-12-21(13-11-20)24-27-28-25(29-24)22-14-16-23(26)17-15-22/h6-9,14-17,20-21H,2-5,10-13H2,1H3. The van der Waals surface area contributed by atoms with E-state index in [1.165, 1.54) is 67.5 Å². The first-order valence-corrected chi connectivity index (χ1v) is 12.1. The Bertz CT molecular complexity index is 893. The Morgan fingerprint density at radius 1 is 0.862 bits per heavy atom. The van der Waals surface area contributed by atoms with Crippen molar-refractivity contribution >= 4 is 22.9 Å². The van der Waals surface area contributed by atoms with Gasteiger partial charge in [0.25, 0.3) is 0 Å². The number of hydrogen-bond donors (Lipinski definition) is 0. The van der Waals surface area contributed by atoms with Gasteiger partial charge in [-0.2, -0.15) is 0 Å². The normalized spacial score (nSPS) is 19.4. The summed E-state index contributed by atoms with van der Waals surface area (Å²) in [5.41, 5.74) is 4.10. The maximum Gasteiger partial charge on any atom is 0.147 e. The minimum absolute atomic E-state index is 0.554. The fraction of sp³-hybridized carbons (Fsp3) is 0.440. The van der Waals surface area contributed by atoms with Crippen LogP contribution in [0.15, 0.2) is 48.5 Å². The lowest BCUT2D eigenvalue weighted by atomic mass is 9.79. The van der Waals surface area contributed by atoms with Gasteiger partial charge in [-0.1, -0.05) is 79.1 Å². The molecule has 1 fully saturated rings. The van der Waals surface area contributed by atoms with Gasteiger partial charge in [0.2, 0.25) is 0 Å². The summed E-state index contributed by atoms with van der Waals surface area (Å²) < 4.78 is 0. The minimum atomic E-state index is 0.554. The number of unbranched alkanes of at least 4 members (excludes halogenated alkanes) is 2. The molecule has 4 heteroatoms. The molecule has 0 radical (unpaired) electrons. The van der Waals surface area contributed by atoms with Crippen molar-refractivity contribution in [2.45, 2.75) is 70.1 Å². The minimum Gasteiger partial charge on any atom is -0.143 e. The zero-order valence-corrected chi connectivity index (χ0v) is 18.7. The maximum atomic E-state index is 5.99. The molecule has 1 heterocycles. The molecule has 0 bridgehead atoms. The van der Waals surface area contributed by atoms with Crippen LogP contribution >= 0.6 is 22.9 Å². The molecular weight excluding hydrogens is 396 g/mol. The number of rotatable bonds is 7. The third kappa shape index (κ3) is 5.26. The van der Waals surface area contributed by atoms with Gasteiger partial charge in [-0.15, -0.1) is 10.2 Å². The summed E-state index contributed by atoms with van der Waals surface area (Å²) >= 11 is 7.74. The highest BCUT2D eigenvalue weighted by Crippen LogP contribution is 2.42. The highest BCUT2D eigenvalue weighted by Gasteiger charge is 2.26. The van der Waals surface area contributed by atoms with E-state index in [1.54, 1.807) is 11.3 Å². The molecule has 1 aliphatic carbocycles. The van der Waals surface area contributed by atoms with E-state index in [-0.39, 0.29) is 0 Å². The van der Waals surface area contributed by atoms with Gasteiger partial charge in [0.15, 0.2) is 0 Å². The van der Waals surface area contributed by atoms with Crippen LogP contribution in [0.2, 0.25) is 5.02 Å². The molecule has 29 heavy (non-hydrogen) atoms. The predicted molar refractivity (Wildman–Crippen MR) is 124 cm³/mol. The van der Waals surface area contributed by atoms with E-state index in [0.29, 0.717) is 11.8 Å². The Labute approximate surface area is 183 Å². The number of hydrogen-bond acceptors (Lipinski definition) is 3. The summed E-state index contributed by atoms with van der Waals surface area (Å²) in [5, 5.41) is 11.9. The molecule has 1 saturated carbocycles. The average Bonchev–Trinajstić information content (AvgIpc) is 3.25. The second-order valence-electron chi connectivity index (χ2n) is 8.20. The van der Waals surface area contributed by atoms with Crippen molar-refractivity contribution in [2.75, 3.05) is 0 Å². The topological polar surface area (TPSA) is 25.8 Å². The molecule has 0 aliphatic heterocycles. The fourth-order valence-corrected chi connectivity index (χ4v) is 5.46. The van der Waals surface area contributed by atoms with Crippen LogP contribution in [0.25, 0.3) is 10.6 Å². The van der Waals surface area contributed by atoms with Gasteiger partial charge >= 0.3 is 0 Å². The Morgan fingerprint density at radius 3 is 2.24 bits per heavy atom. The summed E-state index contributed by atoms with van der Waals surface area (Å²) in [4.78, 5) is 0. The molecule has 0 spiro atoms. The highest BCUT2D eigenvalue weighted by molar-refractivity contribution is 7.14. The summed E-state index contributed by atoms with van der Waals surface area (Å²) in [6.45, 7) is 2.26. The van der Waals surface area contributed by atoms with E-state index in [9.17, 15) is 0 Å². The second-order valence-corrected chi connectivity index (χ2v) is 9.65. The molecule has 1 aromatic heterocycles. The van der Waals surface area contributed by atoms with Crippen molar-refractivity contribution in [3.63, 3.8) is 0 Å². The van der Waals surface area contributed by atoms with Crippen molar-refractivity contribution in [1.29, 1.82) is 0 Å². The van der Waals surface area contributed by atoms with E-state index >= 15 is 0 Å². The Hall–Kier alpha value is -1.71. The van der Waals surface area contributed by atoms with E-state index in [2.05, 4.69) is 41.4 Å². The molecular formula is C25H29ClN2S. The molecule has 0 amide bonds. The van der Waals surface area contributed by atoms with Crippen LogP contribution in [-0.2, 0) is 6.42 Å². The first-order chi connectivity index (χ1) is 14.2. The molecule has 0 atom stereocenters. The van der Waals surface area contributed by atoms with Crippen molar-refractivity contribution in [1.82, 2.24) is 10.2 Å². The third-order valence-corrected chi connectivity index (χ3v) is 7.52. The van der Waals surface area contributed by atoms with Crippen molar-refractivity contribution in [3.05, 3.63) is 69.7 Å². The van der Waals surface area contributed by atoms with E-state index < -0.39 is 0 Å². The number of aryl methyl sites for hydroxylation is 1. The molecule has 0 N–H and O–H groups in total. The lowest BCUT2D eigenvalue weighted by Crippen LogP contribution is -2.12. The molecule has 3 aromatic rings. The van der Waals surface area contributed by atoms with E-state index in [4.69, 9.17) is 11.6 Å². The average molecular weight is 425 g/mol. The van der Waals surface area contributed by atoms with Gasteiger partial charge in [0.1, 0.15) is 10.0 Å². The predicted octanol–water partition coefficient (Wildman–Crippen LogP) is 8.03. The van der Waals surface area contributed by atoms with Crippen LogP contribution in [0, 0.1) is 0 Å². The van der Waals surface area contributed by atoms with Gasteiger partial charge in [-0.3, -0.25) is 0 Å². The van der Waals surface area contributed by atoms with Gasteiger partial charge in [-0.05, 0) is 67.7 Å². The van der Waals surface area contributed by atoms with E-state index in [1.807, 2.05) is 24.3 Å². The van der Waals surface area contributed by atoms with E-state index in [0.717, 1.165) is 15.6 Å². The molecule has 0 saturated heterocycles. The van der Waals surface area contributed by atoms with Gasteiger partial charge in [0.05, 0.1) is 0 Å². The molecule has 0 unspecified atom stereocenters. The molecule has 152 valence electrons. The molecule has 2 aromatic carbocycles. The van der Waals surface area contributed by atoms with Crippen LogP contribution < -0.4 is 0 Å². The summed E-state index contributed by atoms with van der Waals surface area (Å²) in [6.07, 6.45) is 10.0. The van der Waals surface area contributed by atoms with Gasteiger partial charge in [0, 0.05) is 16.5 Å². The maximum absolute atomic E-state index is 5.99. The SMILES string of the molecule is CCCCCc1ccc(C2CCC(c3nnc(-c4ccc(Cl)cc4)s3)CC2)cc1. The summed E-state index contributed by atoms with van der Waals surface area (Å²) in [7, 11) is 0. The van der Waals surface area contributed by atoms with Crippen LogP contribution in [0.1, 0.15) is 79.8 Å². The van der Waals surface area contributed by atoms with Crippen LogP contribution in [0.5, 0.6) is 0 Å². The lowest BCUT2D eigenvalue weighted by molar-refractivity contribution is 0.394.